The first-order valence-electron chi connectivity index (χ1n) is 11.7. The average molecular weight is 539 g/mol. The van der Waals surface area contributed by atoms with E-state index in [1.807, 2.05) is 0 Å². The van der Waals surface area contributed by atoms with E-state index in [-0.39, 0.29) is 12.3 Å². The standard InChI is InChI=1S/C18H15P.C9H12F4O3S/c1-4-10-16(11-5-1)19(17-12-6-2-7-13-17)18-14-8-3-9-15-18;10-8(11,9(12,13)17(14,15)16)7-4-5-1-2-6(7)3-5/h1-15H;5-7H,1-4H2,(H,14,15,16). The number of rotatable bonds is 6. The van der Waals surface area contributed by atoms with Gasteiger partial charge in [-0.05, 0) is 54.9 Å². The van der Waals surface area contributed by atoms with Crippen LogP contribution in [-0.2, 0) is 10.1 Å². The summed E-state index contributed by atoms with van der Waals surface area (Å²) in [6.45, 7) is 0. The van der Waals surface area contributed by atoms with Gasteiger partial charge in [-0.2, -0.15) is 26.0 Å². The van der Waals surface area contributed by atoms with Crippen LogP contribution in [0.3, 0.4) is 0 Å². The molecule has 0 heterocycles. The van der Waals surface area contributed by atoms with Crippen molar-refractivity contribution in [2.75, 3.05) is 0 Å². The largest absolute Gasteiger partial charge is 0.431 e. The van der Waals surface area contributed by atoms with Gasteiger partial charge in [-0.15, -0.1) is 0 Å². The second-order valence-electron chi connectivity index (χ2n) is 9.24. The third-order valence-electron chi connectivity index (χ3n) is 6.96. The van der Waals surface area contributed by atoms with E-state index < -0.39 is 41.1 Å². The summed E-state index contributed by atoms with van der Waals surface area (Å²) in [4.78, 5) is 0. The van der Waals surface area contributed by atoms with Crippen LogP contribution >= 0.6 is 7.92 Å². The maximum atomic E-state index is 13.6. The van der Waals surface area contributed by atoms with E-state index >= 15 is 0 Å². The maximum Gasteiger partial charge on any atom is 0.431 e. The van der Waals surface area contributed by atoms with E-state index in [1.165, 1.54) is 15.9 Å². The van der Waals surface area contributed by atoms with Crippen LogP contribution in [0.5, 0.6) is 0 Å². The molecule has 3 aromatic rings. The Morgan fingerprint density at radius 3 is 1.42 bits per heavy atom. The predicted molar refractivity (Wildman–Crippen MR) is 136 cm³/mol. The minimum atomic E-state index is -6.10. The first-order valence-corrected chi connectivity index (χ1v) is 14.5. The van der Waals surface area contributed by atoms with Gasteiger partial charge in [0.15, 0.2) is 0 Å². The summed E-state index contributed by atoms with van der Waals surface area (Å²) < 4.78 is 82.4. The van der Waals surface area contributed by atoms with Gasteiger partial charge in [-0.3, -0.25) is 4.55 Å². The third-order valence-corrected chi connectivity index (χ3v) is 10.3. The van der Waals surface area contributed by atoms with Crippen molar-refractivity contribution in [3.8, 4) is 0 Å². The summed E-state index contributed by atoms with van der Waals surface area (Å²) in [7, 11) is -6.54. The monoisotopic (exact) mass is 538 g/mol. The molecule has 2 saturated carbocycles. The Hall–Kier alpha value is -2.28. The van der Waals surface area contributed by atoms with Crippen molar-refractivity contribution in [1.29, 1.82) is 0 Å². The zero-order chi connectivity index (χ0) is 26.0. The molecule has 5 rings (SSSR count). The van der Waals surface area contributed by atoms with Crippen molar-refractivity contribution in [3.05, 3.63) is 91.0 Å². The number of hydrogen-bond donors (Lipinski definition) is 1. The summed E-state index contributed by atoms with van der Waals surface area (Å²) in [6.07, 6.45) is 1.51. The lowest BCUT2D eigenvalue weighted by Crippen LogP contribution is -2.52. The topological polar surface area (TPSA) is 54.4 Å². The number of halogens is 4. The second-order valence-corrected chi connectivity index (χ2v) is 12.9. The average Bonchev–Trinajstić information content (AvgIpc) is 3.50. The molecule has 0 spiro atoms. The number of fused-ring (bicyclic) bond motifs is 2. The Morgan fingerprint density at radius 2 is 1.11 bits per heavy atom. The predicted octanol–water partition coefficient (Wildman–Crippen LogP) is 5.98. The van der Waals surface area contributed by atoms with Gasteiger partial charge < -0.3 is 0 Å². The fraction of sp³-hybridized carbons (Fsp3) is 0.333. The fourth-order valence-corrected chi connectivity index (χ4v) is 8.06. The lowest BCUT2D eigenvalue weighted by Gasteiger charge is -2.33. The van der Waals surface area contributed by atoms with E-state index in [9.17, 15) is 26.0 Å². The first-order chi connectivity index (χ1) is 17.0. The first kappa shape index (κ1) is 26.8. The molecule has 3 atom stereocenters. The molecule has 2 fully saturated rings. The molecule has 3 unspecified atom stereocenters. The van der Waals surface area contributed by atoms with Gasteiger partial charge in [0.25, 0.3) is 0 Å². The lowest BCUT2D eigenvalue weighted by molar-refractivity contribution is -0.202. The van der Waals surface area contributed by atoms with Crippen molar-refractivity contribution >= 4 is 34.0 Å². The molecule has 0 radical (unpaired) electrons. The molecule has 9 heteroatoms. The van der Waals surface area contributed by atoms with Gasteiger partial charge in [0.2, 0.25) is 0 Å². The zero-order valence-corrected chi connectivity index (χ0v) is 21.1. The van der Waals surface area contributed by atoms with Crippen LogP contribution in [-0.4, -0.2) is 24.1 Å². The molecular formula is C27H27F4O3PS. The third kappa shape index (κ3) is 5.36. The minimum Gasteiger partial charge on any atom is -0.281 e. The van der Waals surface area contributed by atoms with Crippen molar-refractivity contribution < 1.29 is 30.5 Å². The highest BCUT2D eigenvalue weighted by Gasteiger charge is 2.71. The number of alkyl halides is 4. The van der Waals surface area contributed by atoms with Gasteiger partial charge in [0, 0.05) is 5.92 Å². The normalized spacial score (nSPS) is 21.8. The number of benzene rings is 3. The highest BCUT2D eigenvalue weighted by molar-refractivity contribution is 7.87. The molecule has 0 aliphatic heterocycles. The lowest BCUT2D eigenvalue weighted by atomic mass is 9.84. The van der Waals surface area contributed by atoms with Crippen LogP contribution in [0.2, 0.25) is 0 Å². The summed E-state index contributed by atoms with van der Waals surface area (Å²) in [5.41, 5.74) is 0. The van der Waals surface area contributed by atoms with Crippen molar-refractivity contribution in [1.82, 2.24) is 0 Å². The van der Waals surface area contributed by atoms with Gasteiger partial charge >= 0.3 is 21.3 Å². The summed E-state index contributed by atoms with van der Waals surface area (Å²) in [5.74, 6) is -6.95. The molecule has 192 valence electrons. The zero-order valence-electron chi connectivity index (χ0n) is 19.4. The molecule has 3 aromatic carbocycles. The fourth-order valence-electron chi connectivity index (χ4n) is 5.25. The molecule has 2 aliphatic rings. The Labute approximate surface area is 210 Å². The van der Waals surface area contributed by atoms with Crippen LogP contribution in [0.25, 0.3) is 0 Å². The van der Waals surface area contributed by atoms with E-state index in [1.54, 1.807) is 0 Å². The van der Waals surface area contributed by atoms with Gasteiger partial charge in [-0.25, -0.2) is 0 Å². The van der Waals surface area contributed by atoms with Crippen LogP contribution in [0.1, 0.15) is 25.7 Å². The van der Waals surface area contributed by atoms with Crippen LogP contribution in [0.4, 0.5) is 17.6 Å². The SMILES string of the molecule is O=S(=O)(O)C(F)(F)C(F)(F)C1CC2CCC1C2.c1ccc(P(c2ccccc2)c2ccccc2)cc1. The molecule has 0 amide bonds. The summed E-state index contributed by atoms with van der Waals surface area (Å²) in [5, 5.41) is -1.21. The van der Waals surface area contributed by atoms with Crippen molar-refractivity contribution in [3.63, 3.8) is 0 Å². The molecule has 2 bridgehead atoms. The Bertz CT molecular complexity index is 1150. The molecule has 1 N–H and O–H groups in total. The smallest absolute Gasteiger partial charge is 0.281 e. The van der Waals surface area contributed by atoms with E-state index in [0.29, 0.717) is 12.8 Å². The van der Waals surface area contributed by atoms with E-state index in [4.69, 9.17) is 4.55 Å². The molecule has 0 saturated heterocycles. The van der Waals surface area contributed by atoms with E-state index in [2.05, 4.69) is 91.0 Å². The molecule has 36 heavy (non-hydrogen) atoms. The summed E-state index contributed by atoms with van der Waals surface area (Å²) >= 11 is 0. The van der Waals surface area contributed by atoms with Crippen LogP contribution < -0.4 is 15.9 Å². The quantitative estimate of drug-likeness (QED) is 0.239. The van der Waals surface area contributed by atoms with Gasteiger partial charge in [0.05, 0.1) is 0 Å². The van der Waals surface area contributed by atoms with Gasteiger partial charge in [-0.1, -0.05) is 97.4 Å². The Morgan fingerprint density at radius 1 is 0.694 bits per heavy atom. The number of hydrogen-bond acceptors (Lipinski definition) is 2. The molecule has 2 aliphatic carbocycles. The van der Waals surface area contributed by atoms with Crippen LogP contribution in [0, 0.1) is 17.8 Å². The summed E-state index contributed by atoms with van der Waals surface area (Å²) in [6, 6.07) is 32.3. The molecule has 0 aromatic heterocycles. The molecule has 3 nitrogen and oxygen atoms in total. The van der Waals surface area contributed by atoms with E-state index in [0.717, 1.165) is 6.42 Å². The van der Waals surface area contributed by atoms with Crippen molar-refractivity contribution in [2.45, 2.75) is 36.9 Å². The Balaban J connectivity index is 0.000000170. The minimum absolute atomic E-state index is 0.0203. The van der Waals surface area contributed by atoms with Crippen molar-refractivity contribution in [2.24, 2.45) is 17.8 Å². The highest BCUT2D eigenvalue weighted by Crippen LogP contribution is 2.58. The highest BCUT2D eigenvalue weighted by atomic mass is 32.2. The molecular weight excluding hydrogens is 511 g/mol. The Kier molecular flexibility index (Phi) is 7.89. The maximum absolute atomic E-state index is 13.6. The van der Waals surface area contributed by atoms with Crippen LogP contribution in [0.15, 0.2) is 91.0 Å². The van der Waals surface area contributed by atoms with Gasteiger partial charge in [0.1, 0.15) is 0 Å². The second kappa shape index (κ2) is 10.6.